The minimum Gasteiger partial charge on any atom is -0.491 e. The number of alkyl halides is 2. The van der Waals surface area contributed by atoms with E-state index >= 15 is 0 Å². The number of rotatable bonds is 7. The predicted molar refractivity (Wildman–Crippen MR) is 104 cm³/mol. The van der Waals surface area contributed by atoms with Gasteiger partial charge in [0.2, 0.25) is 0 Å². The van der Waals surface area contributed by atoms with Crippen molar-refractivity contribution in [2.75, 3.05) is 6.61 Å². The lowest BCUT2D eigenvalue weighted by Gasteiger charge is -2.17. The molecule has 0 fully saturated rings. The Morgan fingerprint density at radius 3 is 2.54 bits per heavy atom. The van der Waals surface area contributed by atoms with Gasteiger partial charge in [-0.25, -0.2) is 18.2 Å². The van der Waals surface area contributed by atoms with Gasteiger partial charge in [-0.1, -0.05) is 20.8 Å². The van der Waals surface area contributed by atoms with Gasteiger partial charge >= 0.3 is 0 Å². The van der Waals surface area contributed by atoms with E-state index in [1.165, 1.54) is 18.2 Å². The van der Waals surface area contributed by atoms with Crippen LogP contribution >= 0.6 is 0 Å². The van der Waals surface area contributed by atoms with Crippen LogP contribution in [0.15, 0.2) is 42.6 Å². The van der Waals surface area contributed by atoms with Crippen LogP contribution in [0.2, 0.25) is 0 Å². The highest BCUT2D eigenvalue weighted by atomic mass is 19.3. The second-order valence-corrected chi connectivity index (χ2v) is 7.45. The van der Waals surface area contributed by atoms with Crippen LogP contribution in [0.1, 0.15) is 39.3 Å². The second kappa shape index (κ2) is 8.59. The first-order chi connectivity index (χ1) is 13.3. The minimum atomic E-state index is -2.78. The fourth-order valence-electron chi connectivity index (χ4n) is 3.34. The maximum absolute atomic E-state index is 13.7. The van der Waals surface area contributed by atoms with E-state index in [2.05, 4.69) is 23.8 Å². The Labute approximate surface area is 162 Å². The number of halogens is 3. The lowest BCUT2D eigenvalue weighted by atomic mass is 10.00. The van der Waals surface area contributed by atoms with E-state index in [9.17, 15) is 13.2 Å². The number of nitrogens with zero attached hydrogens (tertiary/aromatic N) is 2. The van der Waals surface area contributed by atoms with Crippen molar-refractivity contribution in [3.8, 4) is 17.0 Å². The maximum Gasteiger partial charge on any atom is 0.284 e. The van der Waals surface area contributed by atoms with Gasteiger partial charge in [0.05, 0.1) is 17.8 Å². The number of ether oxygens (including phenoxy) is 1. The Morgan fingerprint density at radius 2 is 1.82 bits per heavy atom. The molecule has 0 aliphatic carbocycles. The molecule has 0 radical (unpaired) electrons. The molecular formula is C22H23F3N2O. The van der Waals surface area contributed by atoms with Gasteiger partial charge in [0, 0.05) is 17.1 Å². The summed E-state index contributed by atoms with van der Waals surface area (Å²) in [7, 11) is 0. The van der Waals surface area contributed by atoms with Crippen LogP contribution in [0, 0.1) is 17.7 Å². The van der Waals surface area contributed by atoms with E-state index in [0.29, 0.717) is 34.7 Å². The van der Waals surface area contributed by atoms with Crippen molar-refractivity contribution in [3.63, 3.8) is 0 Å². The molecule has 3 rings (SSSR count). The summed E-state index contributed by atoms with van der Waals surface area (Å²) in [6.45, 7) is 6.60. The Kier molecular flexibility index (Phi) is 6.17. The van der Waals surface area contributed by atoms with Gasteiger partial charge < -0.3 is 4.74 Å². The molecule has 3 aromatic rings. The molecule has 0 spiro atoms. The molecule has 0 saturated carbocycles. The molecule has 0 aliphatic heterocycles. The number of fused-ring (bicyclic) bond motifs is 1. The summed E-state index contributed by atoms with van der Waals surface area (Å²) < 4.78 is 46.6. The van der Waals surface area contributed by atoms with Gasteiger partial charge in [-0.05, 0) is 54.7 Å². The number of benzene rings is 1. The molecule has 0 unspecified atom stereocenters. The maximum atomic E-state index is 13.7. The SMILES string of the molecule is CC(C)C[C@H](C)COc1ccc(-c2ccnc3ccc(F)cc23)nc1C(F)F. The van der Waals surface area contributed by atoms with Gasteiger partial charge in [0.15, 0.2) is 0 Å². The Balaban J connectivity index is 1.94. The fraction of sp³-hybridized carbons (Fsp3) is 0.364. The molecule has 0 saturated heterocycles. The summed E-state index contributed by atoms with van der Waals surface area (Å²) >= 11 is 0. The van der Waals surface area contributed by atoms with Crippen molar-refractivity contribution in [2.45, 2.75) is 33.6 Å². The summed E-state index contributed by atoms with van der Waals surface area (Å²) in [4.78, 5) is 8.32. The van der Waals surface area contributed by atoms with Gasteiger partial charge in [0.25, 0.3) is 6.43 Å². The van der Waals surface area contributed by atoms with Crippen molar-refractivity contribution in [1.29, 1.82) is 0 Å². The van der Waals surface area contributed by atoms with Crippen LogP contribution < -0.4 is 4.74 Å². The van der Waals surface area contributed by atoms with Crippen LogP contribution in [0.3, 0.4) is 0 Å². The highest BCUT2D eigenvalue weighted by Gasteiger charge is 2.19. The first kappa shape index (κ1) is 20.1. The van der Waals surface area contributed by atoms with Crippen molar-refractivity contribution < 1.29 is 17.9 Å². The van der Waals surface area contributed by atoms with Gasteiger partial charge in [-0.15, -0.1) is 0 Å². The first-order valence-corrected chi connectivity index (χ1v) is 9.31. The zero-order valence-electron chi connectivity index (χ0n) is 16.1. The molecular weight excluding hydrogens is 365 g/mol. The summed E-state index contributed by atoms with van der Waals surface area (Å²) in [5.41, 5.74) is 1.04. The van der Waals surface area contributed by atoms with Crippen LogP contribution in [0.5, 0.6) is 5.75 Å². The second-order valence-electron chi connectivity index (χ2n) is 7.45. The molecule has 6 heteroatoms. The van der Waals surface area contributed by atoms with Gasteiger partial charge in [-0.2, -0.15) is 0 Å². The molecule has 0 aliphatic rings. The molecule has 0 N–H and O–H groups in total. The van der Waals surface area contributed by atoms with E-state index in [-0.39, 0.29) is 11.7 Å². The summed E-state index contributed by atoms with van der Waals surface area (Å²) in [5, 5.41) is 0.523. The van der Waals surface area contributed by atoms with Crippen LogP contribution in [0.25, 0.3) is 22.2 Å². The number of aromatic nitrogens is 2. The van der Waals surface area contributed by atoms with Crippen molar-refractivity contribution in [1.82, 2.24) is 9.97 Å². The highest BCUT2D eigenvalue weighted by Crippen LogP contribution is 2.33. The molecule has 0 bridgehead atoms. The third-order valence-electron chi connectivity index (χ3n) is 4.47. The Bertz CT molecular complexity index is 960. The molecule has 1 atom stereocenters. The average Bonchev–Trinajstić information content (AvgIpc) is 2.65. The van der Waals surface area contributed by atoms with Crippen LogP contribution in [-0.4, -0.2) is 16.6 Å². The van der Waals surface area contributed by atoms with Crippen molar-refractivity contribution >= 4 is 10.9 Å². The molecule has 28 heavy (non-hydrogen) atoms. The molecule has 2 aromatic heterocycles. The largest absolute Gasteiger partial charge is 0.491 e. The third kappa shape index (κ3) is 4.61. The van der Waals surface area contributed by atoms with E-state index in [1.54, 1.807) is 24.4 Å². The Hall–Kier alpha value is -2.63. The lowest BCUT2D eigenvalue weighted by Crippen LogP contribution is -2.12. The van der Waals surface area contributed by atoms with Crippen LogP contribution in [0.4, 0.5) is 13.2 Å². The topological polar surface area (TPSA) is 35.0 Å². The number of hydrogen-bond acceptors (Lipinski definition) is 3. The van der Waals surface area contributed by atoms with Crippen LogP contribution in [-0.2, 0) is 0 Å². The first-order valence-electron chi connectivity index (χ1n) is 9.31. The fourth-order valence-corrected chi connectivity index (χ4v) is 3.34. The molecule has 2 heterocycles. The van der Waals surface area contributed by atoms with Crippen molar-refractivity contribution in [3.05, 3.63) is 54.1 Å². The minimum absolute atomic E-state index is 0.0823. The molecule has 0 amide bonds. The van der Waals surface area contributed by atoms with E-state index in [4.69, 9.17) is 4.74 Å². The quantitative estimate of drug-likeness (QED) is 0.467. The van der Waals surface area contributed by atoms with E-state index in [0.717, 1.165) is 6.42 Å². The molecule has 1 aromatic carbocycles. The van der Waals surface area contributed by atoms with Crippen molar-refractivity contribution in [2.24, 2.45) is 11.8 Å². The molecule has 3 nitrogen and oxygen atoms in total. The summed E-state index contributed by atoms with van der Waals surface area (Å²) in [5.74, 6) is 0.417. The van der Waals surface area contributed by atoms with Gasteiger partial charge in [0.1, 0.15) is 17.3 Å². The smallest absolute Gasteiger partial charge is 0.284 e. The standard InChI is InChI=1S/C22H23F3N2O/c1-13(2)10-14(3)12-28-20-7-6-19(27-21(20)22(24)25)16-8-9-26-18-5-4-15(23)11-17(16)18/h4-9,11,13-14,22H,10,12H2,1-3H3/t14-/m0/s1. The zero-order chi connectivity index (χ0) is 20.3. The highest BCUT2D eigenvalue weighted by molar-refractivity contribution is 5.93. The van der Waals surface area contributed by atoms with Gasteiger partial charge in [-0.3, -0.25) is 4.98 Å². The zero-order valence-corrected chi connectivity index (χ0v) is 16.1. The number of hydrogen-bond donors (Lipinski definition) is 0. The Morgan fingerprint density at radius 1 is 1.04 bits per heavy atom. The summed E-state index contributed by atoms with van der Waals surface area (Å²) in [6.07, 6.45) is -0.276. The summed E-state index contributed by atoms with van der Waals surface area (Å²) in [6, 6.07) is 8.97. The number of pyridine rings is 2. The lowest BCUT2D eigenvalue weighted by molar-refractivity contribution is 0.137. The van der Waals surface area contributed by atoms with E-state index in [1.807, 2.05) is 6.92 Å². The average molecular weight is 388 g/mol. The normalized spacial score (nSPS) is 12.7. The monoisotopic (exact) mass is 388 g/mol. The molecule has 148 valence electrons. The predicted octanol–water partition coefficient (Wildman–Crippen LogP) is 6.43. The third-order valence-corrected chi connectivity index (χ3v) is 4.47. The van der Waals surface area contributed by atoms with E-state index < -0.39 is 17.9 Å².